The van der Waals surface area contributed by atoms with Crippen molar-refractivity contribution in [3.63, 3.8) is 0 Å². The summed E-state index contributed by atoms with van der Waals surface area (Å²) < 4.78 is 0. The van der Waals surface area contributed by atoms with Crippen molar-refractivity contribution in [1.29, 1.82) is 0 Å². The molecule has 0 N–H and O–H groups in total. The Kier molecular flexibility index (Phi) is 2.75. The lowest BCUT2D eigenvalue weighted by Crippen LogP contribution is -2.26. The lowest BCUT2D eigenvalue weighted by atomic mass is 9.68. The van der Waals surface area contributed by atoms with E-state index in [1.54, 1.807) is 0 Å². The third-order valence-electron chi connectivity index (χ3n) is 3.45. The molecule has 0 nitrogen and oxygen atoms in total. The minimum Gasteiger partial charge on any atom is -0.103 e. The molecule has 0 aliphatic heterocycles. The van der Waals surface area contributed by atoms with E-state index < -0.39 is 0 Å². The molecule has 0 aromatic heterocycles. The zero-order valence-electron chi connectivity index (χ0n) is 7.90. The Labute approximate surface area is 70.7 Å². The molecule has 0 spiro atoms. The molecule has 1 atom stereocenters. The van der Waals surface area contributed by atoms with Gasteiger partial charge in [-0.1, -0.05) is 39.2 Å². The predicted octanol–water partition coefficient (Wildman–Crippen LogP) is 3.78. The van der Waals surface area contributed by atoms with Crippen LogP contribution in [-0.4, -0.2) is 0 Å². The first kappa shape index (κ1) is 8.83. The lowest BCUT2D eigenvalue weighted by Gasteiger charge is -2.37. The Morgan fingerprint density at radius 3 is 2.27 bits per heavy atom. The van der Waals surface area contributed by atoms with E-state index in [2.05, 4.69) is 26.5 Å². The summed E-state index contributed by atoms with van der Waals surface area (Å²) in [5, 5.41) is 0. The molecule has 0 aromatic carbocycles. The first-order valence-electron chi connectivity index (χ1n) is 4.81. The van der Waals surface area contributed by atoms with Crippen molar-refractivity contribution < 1.29 is 0 Å². The summed E-state index contributed by atoms with van der Waals surface area (Å²) in [4.78, 5) is 0. The van der Waals surface area contributed by atoms with Crippen LogP contribution in [0.15, 0.2) is 12.7 Å². The topological polar surface area (TPSA) is 0 Å². The number of hydrogen-bond acceptors (Lipinski definition) is 0. The van der Waals surface area contributed by atoms with E-state index in [9.17, 15) is 0 Å². The zero-order valence-corrected chi connectivity index (χ0v) is 7.90. The molecule has 0 radical (unpaired) electrons. The Morgan fingerprint density at radius 2 is 1.82 bits per heavy atom. The molecule has 0 bridgehead atoms. The quantitative estimate of drug-likeness (QED) is 0.528. The second kappa shape index (κ2) is 3.42. The first-order chi connectivity index (χ1) is 5.19. The van der Waals surface area contributed by atoms with Gasteiger partial charge in [-0.15, -0.1) is 6.58 Å². The van der Waals surface area contributed by atoms with Crippen molar-refractivity contribution in [3.05, 3.63) is 12.7 Å². The van der Waals surface area contributed by atoms with Gasteiger partial charge in [0.15, 0.2) is 0 Å². The number of rotatable bonds is 2. The maximum Gasteiger partial charge on any atom is -0.0211 e. The van der Waals surface area contributed by atoms with E-state index in [1.165, 1.54) is 32.1 Å². The molecule has 11 heavy (non-hydrogen) atoms. The molecule has 0 heteroatoms. The molecule has 0 saturated heterocycles. The van der Waals surface area contributed by atoms with Crippen molar-refractivity contribution in [1.82, 2.24) is 0 Å². The summed E-state index contributed by atoms with van der Waals surface area (Å²) in [6.45, 7) is 8.60. The summed E-state index contributed by atoms with van der Waals surface area (Å²) >= 11 is 0. The van der Waals surface area contributed by atoms with Gasteiger partial charge in [-0.2, -0.15) is 0 Å². The van der Waals surface area contributed by atoms with Crippen LogP contribution < -0.4 is 0 Å². The lowest BCUT2D eigenvalue weighted by molar-refractivity contribution is 0.161. The van der Waals surface area contributed by atoms with Crippen molar-refractivity contribution >= 4 is 0 Å². The van der Waals surface area contributed by atoms with Gasteiger partial charge < -0.3 is 0 Å². The van der Waals surface area contributed by atoms with Crippen LogP contribution >= 0.6 is 0 Å². The van der Waals surface area contributed by atoms with Gasteiger partial charge in [0.2, 0.25) is 0 Å². The van der Waals surface area contributed by atoms with Gasteiger partial charge >= 0.3 is 0 Å². The molecule has 1 aliphatic carbocycles. The molecule has 1 fully saturated rings. The van der Waals surface area contributed by atoms with Crippen LogP contribution in [0, 0.1) is 11.3 Å². The van der Waals surface area contributed by atoms with E-state index in [1.807, 2.05) is 0 Å². The molecule has 0 aromatic rings. The van der Waals surface area contributed by atoms with E-state index in [0.717, 1.165) is 0 Å². The largest absolute Gasteiger partial charge is 0.103 e. The normalized spacial score (nSPS) is 26.0. The molecule has 1 aliphatic rings. The van der Waals surface area contributed by atoms with E-state index >= 15 is 0 Å². The Bertz CT molecular complexity index is 129. The fraction of sp³-hybridized carbons (Fsp3) is 0.818. The van der Waals surface area contributed by atoms with Crippen LogP contribution in [0.4, 0.5) is 0 Å². The molecule has 64 valence electrons. The van der Waals surface area contributed by atoms with Crippen LogP contribution in [0.1, 0.15) is 46.0 Å². The Balaban J connectivity index is 2.55. The standard InChI is InChI=1S/C11H20/c1-4-10(2)11(3)8-6-5-7-9-11/h4,10H,1,5-9H2,2-3H3. The van der Waals surface area contributed by atoms with E-state index in [-0.39, 0.29) is 0 Å². The molecule has 0 amide bonds. The van der Waals surface area contributed by atoms with Crippen LogP contribution in [0.5, 0.6) is 0 Å². The summed E-state index contributed by atoms with van der Waals surface area (Å²) in [5.41, 5.74) is 0.569. The van der Waals surface area contributed by atoms with Gasteiger partial charge in [-0.25, -0.2) is 0 Å². The Morgan fingerprint density at radius 1 is 1.27 bits per heavy atom. The highest BCUT2D eigenvalue weighted by Crippen LogP contribution is 2.42. The third-order valence-corrected chi connectivity index (χ3v) is 3.45. The van der Waals surface area contributed by atoms with Crippen LogP contribution in [0.3, 0.4) is 0 Å². The van der Waals surface area contributed by atoms with Gasteiger partial charge in [-0.05, 0) is 24.2 Å². The highest BCUT2D eigenvalue weighted by molar-refractivity contribution is 4.91. The van der Waals surface area contributed by atoms with Gasteiger partial charge in [0.05, 0.1) is 0 Å². The van der Waals surface area contributed by atoms with Crippen molar-refractivity contribution in [2.24, 2.45) is 11.3 Å². The van der Waals surface area contributed by atoms with Gasteiger partial charge in [-0.3, -0.25) is 0 Å². The highest BCUT2D eigenvalue weighted by atomic mass is 14.4. The second-order valence-electron chi connectivity index (χ2n) is 4.24. The summed E-state index contributed by atoms with van der Waals surface area (Å²) in [6.07, 6.45) is 9.22. The molecule has 1 rings (SSSR count). The minimum atomic E-state index is 0.569. The molecule has 0 heterocycles. The van der Waals surface area contributed by atoms with Gasteiger partial charge in [0, 0.05) is 0 Å². The summed E-state index contributed by atoms with van der Waals surface area (Å²) in [6, 6.07) is 0. The SMILES string of the molecule is C=CC(C)C1(C)CCCCC1. The van der Waals surface area contributed by atoms with Crippen molar-refractivity contribution in [2.45, 2.75) is 46.0 Å². The van der Waals surface area contributed by atoms with Crippen molar-refractivity contribution in [3.8, 4) is 0 Å². The van der Waals surface area contributed by atoms with E-state index in [0.29, 0.717) is 11.3 Å². The average molecular weight is 152 g/mol. The zero-order chi connectivity index (χ0) is 8.32. The molecular formula is C11H20. The van der Waals surface area contributed by atoms with Crippen molar-refractivity contribution in [2.75, 3.05) is 0 Å². The maximum absolute atomic E-state index is 3.88. The minimum absolute atomic E-state index is 0.569. The smallest absolute Gasteiger partial charge is 0.0211 e. The monoisotopic (exact) mass is 152 g/mol. The average Bonchev–Trinajstić information content (AvgIpc) is 2.04. The fourth-order valence-electron chi connectivity index (χ4n) is 2.10. The Hall–Kier alpha value is -0.260. The van der Waals surface area contributed by atoms with Crippen LogP contribution in [0.2, 0.25) is 0 Å². The van der Waals surface area contributed by atoms with E-state index in [4.69, 9.17) is 0 Å². The second-order valence-corrected chi connectivity index (χ2v) is 4.24. The number of allylic oxidation sites excluding steroid dienone is 1. The highest BCUT2D eigenvalue weighted by Gasteiger charge is 2.30. The first-order valence-corrected chi connectivity index (χ1v) is 4.81. The molecule has 1 saturated carbocycles. The predicted molar refractivity (Wildman–Crippen MR) is 50.6 cm³/mol. The summed E-state index contributed by atoms with van der Waals surface area (Å²) in [5.74, 6) is 0.697. The fourth-order valence-corrected chi connectivity index (χ4v) is 2.10. The molecular weight excluding hydrogens is 132 g/mol. The number of hydrogen-bond donors (Lipinski definition) is 0. The van der Waals surface area contributed by atoms with Crippen LogP contribution in [0.25, 0.3) is 0 Å². The van der Waals surface area contributed by atoms with Gasteiger partial charge in [0.25, 0.3) is 0 Å². The van der Waals surface area contributed by atoms with Gasteiger partial charge in [0.1, 0.15) is 0 Å². The summed E-state index contributed by atoms with van der Waals surface area (Å²) in [7, 11) is 0. The maximum atomic E-state index is 3.88. The van der Waals surface area contributed by atoms with Crippen LogP contribution in [-0.2, 0) is 0 Å². The molecule has 1 unspecified atom stereocenters. The third kappa shape index (κ3) is 1.85.